The fourth-order valence-corrected chi connectivity index (χ4v) is 1.38. The van der Waals surface area contributed by atoms with Gasteiger partial charge in [0.05, 0.1) is 5.56 Å². The van der Waals surface area contributed by atoms with Crippen LogP contribution >= 0.6 is 0 Å². The zero-order valence-electron chi connectivity index (χ0n) is 9.28. The van der Waals surface area contributed by atoms with Crippen molar-refractivity contribution in [2.24, 2.45) is 0 Å². The zero-order chi connectivity index (χ0) is 13.9. The number of rotatable bonds is 3. The third-order valence-electron chi connectivity index (χ3n) is 2.17. The minimum Gasteiger partial charge on any atom is -0.478 e. The Labute approximate surface area is 100 Å². The van der Waals surface area contributed by atoms with E-state index in [1.165, 1.54) is 0 Å². The molecule has 0 spiro atoms. The van der Waals surface area contributed by atoms with E-state index in [-0.39, 0.29) is 11.1 Å². The molecule has 0 fully saturated rings. The Morgan fingerprint density at radius 3 is 2.06 bits per heavy atom. The summed E-state index contributed by atoms with van der Waals surface area (Å²) in [6.45, 7) is 0.977. The quantitative estimate of drug-likeness (QED) is 0.875. The van der Waals surface area contributed by atoms with Crippen LogP contribution < -0.4 is 5.32 Å². The third kappa shape index (κ3) is 3.47. The number of nitrogens with one attached hydrogen (secondary N) is 1. The minimum atomic E-state index is -4.64. The van der Waals surface area contributed by atoms with Crippen LogP contribution in [0.25, 0.3) is 0 Å². The molecule has 1 unspecified atom stereocenters. The van der Waals surface area contributed by atoms with Gasteiger partial charge in [0.25, 0.3) is 0 Å². The number of benzene rings is 1. The van der Waals surface area contributed by atoms with Gasteiger partial charge in [0.15, 0.2) is 6.04 Å². The molecule has 1 aromatic carbocycles. The van der Waals surface area contributed by atoms with Crippen LogP contribution in [0.2, 0.25) is 0 Å². The van der Waals surface area contributed by atoms with Crippen LogP contribution in [0.15, 0.2) is 24.3 Å². The Morgan fingerprint density at radius 2 is 1.72 bits per heavy atom. The monoisotopic (exact) mass is 261 g/mol. The number of alkyl halides is 3. The van der Waals surface area contributed by atoms with Crippen LogP contribution in [-0.4, -0.2) is 23.2 Å². The molecule has 0 aliphatic heterocycles. The molecule has 1 amide bonds. The lowest BCUT2D eigenvalue weighted by Gasteiger charge is -2.21. The highest BCUT2D eigenvalue weighted by Crippen LogP contribution is 2.32. The van der Waals surface area contributed by atoms with Gasteiger partial charge in [0.1, 0.15) is 0 Å². The van der Waals surface area contributed by atoms with Crippen LogP contribution in [0, 0.1) is 0 Å². The van der Waals surface area contributed by atoms with E-state index in [4.69, 9.17) is 5.11 Å². The molecule has 0 aromatic heterocycles. The van der Waals surface area contributed by atoms with Gasteiger partial charge in [-0.2, -0.15) is 13.2 Å². The molecule has 0 aliphatic carbocycles. The van der Waals surface area contributed by atoms with Crippen molar-refractivity contribution in [3.05, 3.63) is 35.4 Å². The summed E-state index contributed by atoms with van der Waals surface area (Å²) in [4.78, 5) is 21.3. The van der Waals surface area contributed by atoms with Crippen LogP contribution in [0.5, 0.6) is 0 Å². The molecule has 1 rings (SSSR count). The van der Waals surface area contributed by atoms with Gasteiger partial charge in [-0.15, -0.1) is 0 Å². The van der Waals surface area contributed by atoms with Crippen molar-refractivity contribution in [3.63, 3.8) is 0 Å². The smallest absolute Gasteiger partial charge is 0.412 e. The van der Waals surface area contributed by atoms with Gasteiger partial charge < -0.3 is 10.4 Å². The first kappa shape index (κ1) is 14.0. The van der Waals surface area contributed by atoms with Gasteiger partial charge in [-0.05, 0) is 17.7 Å². The Bertz CT molecular complexity index is 454. The Kier molecular flexibility index (Phi) is 3.95. The second-order valence-corrected chi connectivity index (χ2v) is 3.60. The average Bonchev–Trinajstić information content (AvgIpc) is 2.24. The predicted octanol–water partition coefficient (Wildman–Crippen LogP) is 2.12. The van der Waals surface area contributed by atoms with Crippen molar-refractivity contribution in [1.29, 1.82) is 0 Å². The zero-order valence-corrected chi connectivity index (χ0v) is 9.28. The minimum absolute atomic E-state index is 0.123. The summed E-state index contributed by atoms with van der Waals surface area (Å²) < 4.78 is 38.1. The molecule has 4 nitrogen and oxygen atoms in total. The van der Waals surface area contributed by atoms with Gasteiger partial charge in [0, 0.05) is 6.92 Å². The molecule has 2 N–H and O–H groups in total. The number of carbonyl (C=O) groups excluding carboxylic acids is 1. The van der Waals surface area contributed by atoms with Crippen LogP contribution in [0.4, 0.5) is 13.2 Å². The third-order valence-corrected chi connectivity index (χ3v) is 2.17. The van der Waals surface area contributed by atoms with Crippen LogP contribution in [0.1, 0.15) is 28.9 Å². The average molecular weight is 261 g/mol. The van der Waals surface area contributed by atoms with E-state index < -0.39 is 24.1 Å². The number of carbonyl (C=O) groups is 2. The van der Waals surface area contributed by atoms with E-state index >= 15 is 0 Å². The molecule has 0 saturated carbocycles. The van der Waals surface area contributed by atoms with E-state index in [2.05, 4.69) is 0 Å². The highest BCUT2D eigenvalue weighted by atomic mass is 19.4. The Balaban J connectivity index is 3.06. The lowest BCUT2D eigenvalue weighted by Crippen LogP contribution is -2.36. The molecular weight excluding hydrogens is 251 g/mol. The van der Waals surface area contributed by atoms with E-state index in [0.717, 1.165) is 31.2 Å². The molecule has 0 heterocycles. The van der Waals surface area contributed by atoms with Gasteiger partial charge in [-0.1, -0.05) is 12.1 Å². The van der Waals surface area contributed by atoms with Crippen LogP contribution in [0.3, 0.4) is 0 Å². The molecule has 0 saturated heterocycles. The van der Waals surface area contributed by atoms with Crippen molar-refractivity contribution in [3.8, 4) is 0 Å². The summed E-state index contributed by atoms with van der Waals surface area (Å²) in [5.41, 5.74) is -0.342. The van der Waals surface area contributed by atoms with E-state index in [1.807, 2.05) is 0 Å². The molecule has 7 heteroatoms. The molecule has 18 heavy (non-hydrogen) atoms. The molecular formula is C11H10F3NO3. The fourth-order valence-electron chi connectivity index (χ4n) is 1.38. The number of hydrogen-bond acceptors (Lipinski definition) is 2. The number of hydrogen-bond donors (Lipinski definition) is 2. The normalized spacial score (nSPS) is 12.9. The van der Waals surface area contributed by atoms with Crippen LogP contribution in [-0.2, 0) is 4.79 Å². The lowest BCUT2D eigenvalue weighted by atomic mass is 10.0. The first-order chi connectivity index (χ1) is 8.21. The van der Waals surface area contributed by atoms with E-state index in [1.54, 1.807) is 5.32 Å². The number of amides is 1. The number of carboxylic acid groups (broad SMARTS) is 1. The Hall–Kier alpha value is -2.05. The lowest BCUT2D eigenvalue weighted by molar-refractivity contribution is -0.162. The number of halogens is 3. The Morgan fingerprint density at radius 1 is 1.22 bits per heavy atom. The van der Waals surface area contributed by atoms with Crippen molar-refractivity contribution >= 4 is 11.9 Å². The highest BCUT2D eigenvalue weighted by molar-refractivity contribution is 5.87. The SMILES string of the molecule is CC(=O)NC(c1ccc(C(=O)O)cc1)C(F)(F)F. The number of carboxylic acids is 1. The molecule has 0 bridgehead atoms. The maximum atomic E-state index is 12.7. The van der Waals surface area contributed by atoms with Crippen molar-refractivity contribution < 1.29 is 27.9 Å². The first-order valence-corrected chi connectivity index (χ1v) is 4.89. The number of aromatic carboxylic acids is 1. The predicted molar refractivity (Wildman–Crippen MR) is 56.0 cm³/mol. The molecule has 1 aromatic rings. The standard InChI is InChI=1S/C11H10F3NO3/c1-6(16)15-9(11(12,13)14)7-2-4-8(5-3-7)10(17)18/h2-5,9H,1H3,(H,15,16)(H,17,18). The summed E-state index contributed by atoms with van der Waals surface area (Å²) in [5, 5.41) is 10.4. The summed E-state index contributed by atoms with van der Waals surface area (Å²) in [5.74, 6) is -2.05. The molecule has 0 radical (unpaired) electrons. The fraction of sp³-hybridized carbons (Fsp3) is 0.273. The van der Waals surface area contributed by atoms with Crippen molar-refractivity contribution in [2.45, 2.75) is 19.1 Å². The van der Waals surface area contributed by atoms with E-state index in [9.17, 15) is 22.8 Å². The van der Waals surface area contributed by atoms with Gasteiger partial charge in [-0.3, -0.25) is 4.79 Å². The van der Waals surface area contributed by atoms with Gasteiger partial charge in [-0.25, -0.2) is 4.79 Å². The van der Waals surface area contributed by atoms with Gasteiger partial charge in [0.2, 0.25) is 5.91 Å². The molecule has 1 atom stereocenters. The first-order valence-electron chi connectivity index (χ1n) is 4.89. The summed E-state index contributed by atoms with van der Waals surface area (Å²) in [6, 6.07) is 2.02. The highest BCUT2D eigenvalue weighted by Gasteiger charge is 2.41. The second kappa shape index (κ2) is 5.07. The second-order valence-electron chi connectivity index (χ2n) is 3.60. The summed E-state index contributed by atoms with van der Waals surface area (Å²) in [7, 11) is 0. The maximum Gasteiger partial charge on any atom is 0.412 e. The van der Waals surface area contributed by atoms with Gasteiger partial charge >= 0.3 is 12.1 Å². The summed E-state index contributed by atoms with van der Waals surface area (Å²) >= 11 is 0. The topological polar surface area (TPSA) is 66.4 Å². The molecule has 98 valence electrons. The molecule has 0 aliphatic rings. The van der Waals surface area contributed by atoms with E-state index in [0.29, 0.717) is 0 Å². The van der Waals surface area contributed by atoms with Crippen molar-refractivity contribution in [1.82, 2.24) is 5.32 Å². The van der Waals surface area contributed by atoms with Crippen molar-refractivity contribution in [2.75, 3.05) is 0 Å². The summed E-state index contributed by atoms with van der Waals surface area (Å²) in [6.07, 6.45) is -4.64. The maximum absolute atomic E-state index is 12.7. The largest absolute Gasteiger partial charge is 0.478 e.